The second-order valence-electron chi connectivity index (χ2n) is 8.88. The molecule has 37 heavy (non-hydrogen) atoms. The number of nitrogens with one attached hydrogen (secondary N) is 2. The lowest BCUT2D eigenvalue weighted by atomic mass is 10.2. The van der Waals surface area contributed by atoms with Gasteiger partial charge < -0.3 is 14.6 Å². The average molecular weight is 531 g/mol. The lowest BCUT2D eigenvalue weighted by Crippen LogP contribution is -2.45. The molecular formula is C29H27ClN4O2S. The molecule has 0 spiro atoms. The molecule has 0 aliphatic carbocycles. The fourth-order valence-corrected chi connectivity index (χ4v) is 4.75. The highest BCUT2D eigenvalue weighted by Crippen LogP contribution is 2.25. The van der Waals surface area contributed by atoms with Crippen molar-refractivity contribution >= 4 is 46.2 Å². The van der Waals surface area contributed by atoms with Gasteiger partial charge in [0.25, 0.3) is 5.91 Å². The first-order chi connectivity index (χ1) is 18.0. The molecule has 6 nitrogen and oxygen atoms in total. The molecule has 0 bridgehead atoms. The van der Waals surface area contributed by atoms with Crippen LogP contribution in [0.1, 0.15) is 16.1 Å². The number of furan rings is 1. The molecule has 2 N–H and O–H groups in total. The Labute approximate surface area is 226 Å². The van der Waals surface area contributed by atoms with Crippen molar-refractivity contribution in [3.05, 3.63) is 107 Å². The number of carbonyl (C=O) groups is 1. The first-order valence-electron chi connectivity index (χ1n) is 12.1. The van der Waals surface area contributed by atoms with Gasteiger partial charge in [0.15, 0.2) is 10.9 Å². The number of hydrogen-bond donors (Lipinski definition) is 2. The topological polar surface area (TPSA) is 60.8 Å². The molecule has 0 unspecified atom stereocenters. The van der Waals surface area contributed by atoms with Crippen molar-refractivity contribution in [1.29, 1.82) is 0 Å². The van der Waals surface area contributed by atoms with Gasteiger partial charge in [-0.05, 0) is 66.3 Å². The molecule has 0 radical (unpaired) electrons. The zero-order chi connectivity index (χ0) is 25.6. The second-order valence-corrected chi connectivity index (χ2v) is 9.72. The zero-order valence-corrected chi connectivity index (χ0v) is 21.8. The molecule has 1 aromatic heterocycles. The Morgan fingerprint density at radius 2 is 1.65 bits per heavy atom. The molecular weight excluding hydrogens is 504 g/mol. The third kappa shape index (κ3) is 6.57. The number of nitrogens with zero attached hydrogens (tertiary/aromatic N) is 2. The van der Waals surface area contributed by atoms with Gasteiger partial charge in [-0.25, -0.2) is 0 Å². The van der Waals surface area contributed by atoms with Crippen LogP contribution in [0.5, 0.6) is 0 Å². The van der Waals surface area contributed by atoms with Gasteiger partial charge in [-0.15, -0.1) is 0 Å². The summed E-state index contributed by atoms with van der Waals surface area (Å²) in [6.07, 6.45) is 0. The number of hydrogen-bond acceptors (Lipinski definition) is 5. The predicted molar refractivity (Wildman–Crippen MR) is 153 cm³/mol. The first kappa shape index (κ1) is 25.0. The lowest BCUT2D eigenvalue weighted by molar-refractivity contribution is 0.0951. The Morgan fingerprint density at radius 3 is 2.38 bits per heavy atom. The van der Waals surface area contributed by atoms with Crippen LogP contribution in [0.25, 0.3) is 11.3 Å². The molecule has 2 heterocycles. The van der Waals surface area contributed by atoms with E-state index in [0.717, 1.165) is 44.0 Å². The van der Waals surface area contributed by atoms with Crippen LogP contribution in [0.4, 0.5) is 11.4 Å². The van der Waals surface area contributed by atoms with E-state index in [2.05, 4.69) is 62.9 Å². The van der Waals surface area contributed by atoms with Crippen LogP contribution in [0.15, 0.2) is 95.4 Å². The van der Waals surface area contributed by atoms with Crippen molar-refractivity contribution in [3.63, 3.8) is 0 Å². The summed E-state index contributed by atoms with van der Waals surface area (Å²) in [5.41, 5.74) is 4.12. The highest BCUT2D eigenvalue weighted by Gasteiger charge is 2.18. The Kier molecular flexibility index (Phi) is 7.84. The van der Waals surface area contributed by atoms with E-state index in [4.69, 9.17) is 28.2 Å². The zero-order valence-electron chi connectivity index (χ0n) is 20.2. The summed E-state index contributed by atoms with van der Waals surface area (Å²) in [7, 11) is 0. The normalized spacial score (nSPS) is 13.8. The standard InChI is InChI=1S/C29H27ClN4O2S/c30-23-8-4-7-22(19-23)26-13-14-27(36-26)28(35)32-29(37)31-24-9-11-25(12-10-24)34-17-15-33(16-18-34)20-21-5-2-1-3-6-21/h1-14,19H,15-18,20H2,(H2,31,32,35,37). The number of halogens is 1. The van der Waals surface area contributed by atoms with E-state index in [1.165, 1.54) is 11.3 Å². The molecule has 5 rings (SSSR count). The fourth-order valence-electron chi connectivity index (χ4n) is 4.35. The molecule has 188 valence electrons. The highest BCUT2D eigenvalue weighted by molar-refractivity contribution is 7.80. The summed E-state index contributed by atoms with van der Waals surface area (Å²) in [4.78, 5) is 17.5. The third-order valence-corrected chi connectivity index (χ3v) is 6.72. The number of anilines is 2. The van der Waals surface area contributed by atoms with Crippen LogP contribution in [-0.2, 0) is 6.54 Å². The molecule has 1 amide bonds. The van der Waals surface area contributed by atoms with E-state index in [1.54, 1.807) is 24.3 Å². The van der Waals surface area contributed by atoms with Crippen molar-refractivity contribution in [2.24, 2.45) is 0 Å². The Morgan fingerprint density at radius 1 is 0.892 bits per heavy atom. The smallest absolute Gasteiger partial charge is 0.293 e. The van der Waals surface area contributed by atoms with Gasteiger partial charge in [-0.3, -0.25) is 15.0 Å². The maximum absolute atomic E-state index is 12.6. The summed E-state index contributed by atoms with van der Waals surface area (Å²) in [6, 6.07) is 29.3. The van der Waals surface area contributed by atoms with Gasteiger partial charge in [0.05, 0.1) is 0 Å². The minimum atomic E-state index is -0.421. The van der Waals surface area contributed by atoms with Gasteiger partial charge in [-0.2, -0.15) is 0 Å². The van der Waals surface area contributed by atoms with Crippen molar-refractivity contribution in [2.75, 3.05) is 36.4 Å². The van der Waals surface area contributed by atoms with E-state index in [1.807, 2.05) is 24.3 Å². The molecule has 1 aliphatic heterocycles. The minimum absolute atomic E-state index is 0.167. The quantitative estimate of drug-likeness (QED) is 0.296. The first-order valence-corrected chi connectivity index (χ1v) is 12.9. The Hall–Kier alpha value is -3.65. The highest BCUT2D eigenvalue weighted by atomic mass is 35.5. The van der Waals surface area contributed by atoms with Crippen molar-refractivity contribution in [3.8, 4) is 11.3 Å². The average Bonchev–Trinajstić information content (AvgIpc) is 3.41. The third-order valence-electron chi connectivity index (χ3n) is 6.28. The molecule has 1 saturated heterocycles. The van der Waals surface area contributed by atoms with E-state index in [-0.39, 0.29) is 10.9 Å². The molecule has 0 atom stereocenters. The van der Waals surface area contributed by atoms with E-state index >= 15 is 0 Å². The lowest BCUT2D eigenvalue weighted by Gasteiger charge is -2.36. The number of carbonyl (C=O) groups excluding carboxylic acids is 1. The van der Waals surface area contributed by atoms with Crippen molar-refractivity contribution < 1.29 is 9.21 Å². The number of benzene rings is 3. The minimum Gasteiger partial charge on any atom is -0.451 e. The maximum atomic E-state index is 12.6. The monoisotopic (exact) mass is 530 g/mol. The molecule has 4 aromatic rings. The largest absolute Gasteiger partial charge is 0.451 e. The van der Waals surface area contributed by atoms with Gasteiger partial charge in [0.2, 0.25) is 0 Å². The van der Waals surface area contributed by atoms with E-state index in [9.17, 15) is 4.79 Å². The summed E-state index contributed by atoms with van der Waals surface area (Å²) in [5.74, 6) is 0.305. The fraction of sp³-hybridized carbons (Fsp3) is 0.172. The van der Waals surface area contributed by atoms with Gasteiger partial charge >= 0.3 is 0 Å². The summed E-state index contributed by atoms with van der Waals surface area (Å²) in [6.45, 7) is 5.00. The number of piperazine rings is 1. The molecule has 0 saturated carbocycles. The Bertz CT molecular complexity index is 1370. The van der Waals surface area contributed by atoms with Gasteiger partial charge in [0.1, 0.15) is 5.76 Å². The van der Waals surface area contributed by atoms with E-state index < -0.39 is 5.91 Å². The summed E-state index contributed by atoms with van der Waals surface area (Å²) < 4.78 is 5.69. The number of thiocarbonyl (C=S) groups is 1. The summed E-state index contributed by atoms with van der Waals surface area (Å²) in [5, 5.41) is 6.54. The van der Waals surface area contributed by atoms with Crippen molar-refractivity contribution in [1.82, 2.24) is 10.2 Å². The van der Waals surface area contributed by atoms with Crippen molar-refractivity contribution in [2.45, 2.75) is 6.54 Å². The molecule has 3 aromatic carbocycles. The Balaban J connectivity index is 1.10. The number of amides is 1. The summed E-state index contributed by atoms with van der Waals surface area (Å²) >= 11 is 11.4. The van der Waals surface area contributed by atoms with Gasteiger partial charge in [-0.1, -0.05) is 54.1 Å². The van der Waals surface area contributed by atoms with Crippen LogP contribution in [0, 0.1) is 0 Å². The SMILES string of the molecule is O=C(NC(=S)Nc1ccc(N2CCN(Cc3ccccc3)CC2)cc1)c1ccc(-c2cccc(Cl)c2)o1. The van der Waals surface area contributed by atoms with Crippen LogP contribution < -0.4 is 15.5 Å². The maximum Gasteiger partial charge on any atom is 0.293 e. The van der Waals surface area contributed by atoms with Crippen LogP contribution in [0.3, 0.4) is 0 Å². The molecule has 8 heteroatoms. The molecule has 1 fully saturated rings. The second kappa shape index (κ2) is 11.6. The number of rotatable bonds is 6. The molecule has 1 aliphatic rings. The van der Waals surface area contributed by atoms with Crippen LogP contribution in [-0.4, -0.2) is 42.1 Å². The predicted octanol–water partition coefficient (Wildman–Crippen LogP) is 6.05. The van der Waals surface area contributed by atoms with Crippen LogP contribution in [0.2, 0.25) is 5.02 Å². The van der Waals surface area contributed by atoms with Crippen LogP contribution >= 0.6 is 23.8 Å². The van der Waals surface area contributed by atoms with E-state index in [0.29, 0.717) is 10.8 Å². The van der Waals surface area contributed by atoms with Gasteiger partial charge in [0, 0.05) is 54.7 Å².